The van der Waals surface area contributed by atoms with Gasteiger partial charge in [0.1, 0.15) is 0 Å². The molecule has 0 spiro atoms. The van der Waals surface area contributed by atoms with Crippen molar-refractivity contribution >= 4 is 0 Å². The van der Waals surface area contributed by atoms with E-state index in [0.717, 1.165) is 12.5 Å². The summed E-state index contributed by atoms with van der Waals surface area (Å²) >= 11 is 0. The van der Waals surface area contributed by atoms with Gasteiger partial charge in [-0.15, -0.1) is 0 Å². The molecule has 1 aromatic rings. The molecule has 0 radical (unpaired) electrons. The van der Waals surface area contributed by atoms with Gasteiger partial charge in [0.25, 0.3) is 0 Å². The largest absolute Gasteiger partial charge is 0.330 e. The van der Waals surface area contributed by atoms with Crippen LogP contribution in [0.3, 0.4) is 0 Å². The molecule has 0 fully saturated rings. The molecule has 2 N–H and O–H groups in total. The topological polar surface area (TPSA) is 26.0 Å². The zero-order valence-corrected chi connectivity index (χ0v) is 10.7. The second-order valence-electron chi connectivity index (χ2n) is 4.88. The number of rotatable bonds is 7. The standard InChI is InChI=1S/C15H25N/c1-3-14(10-9-13(2)12-16)11-15-7-5-4-6-8-15/h4-8,13-14H,3,9-12,16H2,1-2H3. The van der Waals surface area contributed by atoms with Crippen molar-refractivity contribution in [2.75, 3.05) is 6.54 Å². The summed E-state index contributed by atoms with van der Waals surface area (Å²) in [5.74, 6) is 1.49. The fourth-order valence-corrected chi connectivity index (χ4v) is 2.04. The Balaban J connectivity index is 2.37. The normalized spacial score (nSPS) is 14.7. The summed E-state index contributed by atoms with van der Waals surface area (Å²) in [7, 11) is 0. The number of nitrogens with two attached hydrogens (primary N) is 1. The van der Waals surface area contributed by atoms with Gasteiger partial charge in [-0.25, -0.2) is 0 Å². The van der Waals surface area contributed by atoms with Gasteiger partial charge in [-0.3, -0.25) is 0 Å². The molecular formula is C15H25N. The second kappa shape index (κ2) is 7.45. The molecule has 1 nitrogen and oxygen atoms in total. The van der Waals surface area contributed by atoms with Crippen molar-refractivity contribution in [2.24, 2.45) is 17.6 Å². The molecule has 0 aliphatic rings. The maximum absolute atomic E-state index is 5.65. The van der Waals surface area contributed by atoms with E-state index in [0.29, 0.717) is 5.92 Å². The Kier molecular flexibility index (Phi) is 6.17. The summed E-state index contributed by atoms with van der Waals surface area (Å²) in [5.41, 5.74) is 7.12. The summed E-state index contributed by atoms with van der Waals surface area (Å²) in [5, 5.41) is 0. The van der Waals surface area contributed by atoms with Crippen LogP contribution < -0.4 is 5.73 Å². The lowest BCUT2D eigenvalue weighted by Gasteiger charge is -2.17. The minimum absolute atomic E-state index is 0.671. The molecule has 1 aromatic carbocycles. The second-order valence-corrected chi connectivity index (χ2v) is 4.88. The maximum Gasteiger partial charge on any atom is -0.00515 e. The van der Waals surface area contributed by atoms with Crippen molar-refractivity contribution in [1.29, 1.82) is 0 Å². The van der Waals surface area contributed by atoms with Gasteiger partial charge in [0.2, 0.25) is 0 Å². The molecule has 90 valence electrons. The van der Waals surface area contributed by atoms with Gasteiger partial charge in [-0.2, -0.15) is 0 Å². The molecule has 2 atom stereocenters. The molecule has 0 bridgehead atoms. The molecule has 0 amide bonds. The van der Waals surface area contributed by atoms with Gasteiger partial charge in [0.05, 0.1) is 0 Å². The molecular weight excluding hydrogens is 194 g/mol. The van der Waals surface area contributed by atoms with Crippen LogP contribution in [-0.4, -0.2) is 6.54 Å². The fourth-order valence-electron chi connectivity index (χ4n) is 2.04. The van der Waals surface area contributed by atoms with Gasteiger partial charge in [-0.05, 0) is 43.2 Å². The third-order valence-corrected chi connectivity index (χ3v) is 3.41. The third kappa shape index (κ3) is 4.80. The predicted octanol–water partition coefficient (Wildman–Crippen LogP) is 3.63. The van der Waals surface area contributed by atoms with Gasteiger partial charge < -0.3 is 5.73 Å². The van der Waals surface area contributed by atoms with Gasteiger partial charge >= 0.3 is 0 Å². The first-order chi connectivity index (χ1) is 7.76. The van der Waals surface area contributed by atoms with E-state index in [1.807, 2.05) is 0 Å². The van der Waals surface area contributed by atoms with Crippen molar-refractivity contribution in [2.45, 2.75) is 39.5 Å². The lowest BCUT2D eigenvalue weighted by atomic mass is 9.90. The number of benzene rings is 1. The fraction of sp³-hybridized carbons (Fsp3) is 0.600. The Morgan fingerprint density at radius 3 is 2.38 bits per heavy atom. The highest BCUT2D eigenvalue weighted by Gasteiger charge is 2.09. The Labute approximate surface area is 100 Å². The highest BCUT2D eigenvalue weighted by molar-refractivity contribution is 5.15. The molecule has 0 aromatic heterocycles. The van der Waals surface area contributed by atoms with Gasteiger partial charge in [-0.1, -0.05) is 50.6 Å². The quantitative estimate of drug-likeness (QED) is 0.744. The first-order valence-electron chi connectivity index (χ1n) is 6.50. The molecule has 1 rings (SSSR count). The van der Waals surface area contributed by atoms with Crippen LogP contribution in [0.15, 0.2) is 30.3 Å². The van der Waals surface area contributed by atoms with E-state index >= 15 is 0 Å². The molecule has 1 heteroatoms. The summed E-state index contributed by atoms with van der Waals surface area (Å²) < 4.78 is 0. The summed E-state index contributed by atoms with van der Waals surface area (Å²) in [6.07, 6.45) is 5.06. The number of hydrogen-bond acceptors (Lipinski definition) is 1. The van der Waals surface area contributed by atoms with E-state index in [1.165, 1.54) is 31.2 Å². The van der Waals surface area contributed by atoms with Crippen molar-refractivity contribution in [1.82, 2.24) is 0 Å². The Morgan fingerprint density at radius 2 is 1.81 bits per heavy atom. The van der Waals surface area contributed by atoms with E-state index in [2.05, 4.69) is 44.2 Å². The van der Waals surface area contributed by atoms with E-state index in [-0.39, 0.29) is 0 Å². The Bertz CT molecular complexity index is 268. The smallest absolute Gasteiger partial charge is 0.00515 e. The van der Waals surface area contributed by atoms with Crippen LogP contribution in [0.5, 0.6) is 0 Å². The zero-order valence-electron chi connectivity index (χ0n) is 10.7. The molecule has 0 aliphatic carbocycles. The SMILES string of the molecule is CCC(CCC(C)CN)Cc1ccccc1. The van der Waals surface area contributed by atoms with E-state index in [9.17, 15) is 0 Å². The summed E-state index contributed by atoms with van der Waals surface area (Å²) in [6, 6.07) is 10.8. The van der Waals surface area contributed by atoms with Crippen LogP contribution in [0, 0.1) is 11.8 Å². The lowest BCUT2D eigenvalue weighted by Crippen LogP contribution is -2.13. The van der Waals surface area contributed by atoms with Crippen molar-refractivity contribution < 1.29 is 0 Å². The molecule has 0 saturated heterocycles. The third-order valence-electron chi connectivity index (χ3n) is 3.41. The van der Waals surface area contributed by atoms with Crippen LogP contribution in [0.2, 0.25) is 0 Å². The zero-order chi connectivity index (χ0) is 11.8. The van der Waals surface area contributed by atoms with Crippen LogP contribution in [-0.2, 0) is 6.42 Å². The molecule has 0 saturated carbocycles. The van der Waals surface area contributed by atoms with E-state index in [1.54, 1.807) is 0 Å². The van der Waals surface area contributed by atoms with Crippen molar-refractivity contribution in [3.8, 4) is 0 Å². The minimum Gasteiger partial charge on any atom is -0.330 e. The van der Waals surface area contributed by atoms with Crippen LogP contribution in [0.4, 0.5) is 0 Å². The Morgan fingerprint density at radius 1 is 1.12 bits per heavy atom. The molecule has 0 heterocycles. The predicted molar refractivity (Wildman–Crippen MR) is 71.4 cm³/mol. The van der Waals surface area contributed by atoms with Crippen LogP contribution >= 0.6 is 0 Å². The Hall–Kier alpha value is -0.820. The summed E-state index contributed by atoms with van der Waals surface area (Å²) in [6.45, 7) is 5.36. The monoisotopic (exact) mass is 219 g/mol. The highest BCUT2D eigenvalue weighted by atomic mass is 14.5. The van der Waals surface area contributed by atoms with Gasteiger partial charge in [0, 0.05) is 0 Å². The van der Waals surface area contributed by atoms with Gasteiger partial charge in [0.15, 0.2) is 0 Å². The van der Waals surface area contributed by atoms with Crippen LogP contribution in [0.1, 0.15) is 38.7 Å². The molecule has 16 heavy (non-hydrogen) atoms. The molecule has 2 unspecified atom stereocenters. The minimum atomic E-state index is 0.671. The average Bonchev–Trinajstić information content (AvgIpc) is 2.35. The van der Waals surface area contributed by atoms with E-state index < -0.39 is 0 Å². The van der Waals surface area contributed by atoms with Crippen molar-refractivity contribution in [3.05, 3.63) is 35.9 Å². The first kappa shape index (κ1) is 13.2. The summed E-state index contributed by atoms with van der Waals surface area (Å²) in [4.78, 5) is 0. The average molecular weight is 219 g/mol. The maximum atomic E-state index is 5.65. The first-order valence-corrected chi connectivity index (χ1v) is 6.50. The lowest BCUT2D eigenvalue weighted by molar-refractivity contribution is 0.401. The van der Waals surface area contributed by atoms with Crippen molar-refractivity contribution in [3.63, 3.8) is 0 Å². The van der Waals surface area contributed by atoms with Crippen LogP contribution in [0.25, 0.3) is 0 Å². The highest BCUT2D eigenvalue weighted by Crippen LogP contribution is 2.19. The molecule has 0 aliphatic heterocycles. The van der Waals surface area contributed by atoms with E-state index in [4.69, 9.17) is 5.73 Å². The number of hydrogen-bond donors (Lipinski definition) is 1.